The van der Waals surface area contributed by atoms with Crippen LogP contribution in [0.2, 0.25) is 0 Å². The number of amides is 1. The van der Waals surface area contributed by atoms with Gasteiger partial charge in [-0.1, -0.05) is 30.3 Å². The lowest BCUT2D eigenvalue weighted by atomic mass is 9.83. The minimum atomic E-state index is -5.01. The maximum Gasteiger partial charge on any atom is 0.416 e. The van der Waals surface area contributed by atoms with E-state index in [4.69, 9.17) is 0 Å². The van der Waals surface area contributed by atoms with Crippen molar-refractivity contribution in [2.45, 2.75) is 74.9 Å². The SMILES string of the molecule is CN1CCCC12CCCN(C1CCN(C(=O)c3cc(C(F)(F)F)cc(C(F)(F)F)c3)C(Cc3ccccc3)C1)C2. The molecule has 0 radical (unpaired) electrons. The highest BCUT2D eigenvalue weighted by Crippen LogP contribution is 2.40. The summed E-state index contributed by atoms with van der Waals surface area (Å²) in [4.78, 5) is 20.1. The molecule has 4 nitrogen and oxygen atoms in total. The number of piperidine rings is 2. The summed E-state index contributed by atoms with van der Waals surface area (Å²) >= 11 is 0. The van der Waals surface area contributed by atoms with Crippen LogP contribution in [0.1, 0.15) is 65.6 Å². The van der Waals surface area contributed by atoms with E-state index >= 15 is 0 Å². The second kappa shape index (κ2) is 11.0. The van der Waals surface area contributed by atoms with E-state index in [-0.39, 0.29) is 30.2 Å². The predicted molar refractivity (Wildman–Crippen MR) is 140 cm³/mol. The molecule has 0 aliphatic carbocycles. The van der Waals surface area contributed by atoms with Crippen molar-refractivity contribution in [1.82, 2.24) is 14.7 Å². The summed E-state index contributed by atoms with van der Waals surface area (Å²) in [6, 6.07) is 10.5. The molecule has 3 unspecified atom stereocenters. The smallest absolute Gasteiger partial charge is 0.335 e. The highest BCUT2D eigenvalue weighted by molar-refractivity contribution is 5.95. The number of nitrogens with zero attached hydrogens (tertiary/aromatic N) is 3. The summed E-state index contributed by atoms with van der Waals surface area (Å²) in [7, 11) is 2.18. The van der Waals surface area contributed by atoms with Crippen LogP contribution in [-0.2, 0) is 18.8 Å². The summed E-state index contributed by atoms with van der Waals surface area (Å²) in [6.45, 7) is 3.25. The van der Waals surface area contributed by atoms with Gasteiger partial charge in [-0.15, -0.1) is 0 Å². The highest BCUT2D eigenvalue weighted by Gasteiger charge is 2.45. The van der Waals surface area contributed by atoms with Crippen molar-refractivity contribution < 1.29 is 31.1 Å². The van der Waals surface area contributed by atoms with Gasteiger partial charge in [-0.2, -0.15) is 26.3 Å². The highest BCUT2D eigenvalue weighted by atomic mass is 19.4. The Morgan fingerprint density at radius 1 is 0.900 bits per heavy atom. The van der Waals surface area contributed by atoms with Crippen molar-refractivity contribution in [3.05, 3.63) is 70.8 Å². The number of rotatable bonds is 4. The standard InChI is InChI=1S/C30H35F6N3O/c1-37-12-5-10-28(37)11-6-13-38(20-28)25-9-14-39(26(19-25)15-21-7-3-2-4-8-21)27(40)22-16-23(29(31,32)33)18-24(17-22)30(34,35)36/h2-4,7-8,16-18,25-26H,5-6,9-15,19-20H2,1H3. The van der Waals surface area contributed by atoms with Crippen molar-refractivity contribution in [3.8, 4) is 0 Å². The van der Waals surface area contributed by atoms with Gasteiger partial charge in [0.1, 0.15) is 0 Å². The third kappa shape index (κ3) is 6.03. The molecule has 10 heteroatoms. The topological polar surface area (TPSA) is 26.8 Å². The average Bonchev–Trinajstić information content (AvgIpc) is 3.26. The molecule has 0 saturated carbocycles. The number of hydrogen-bond donors (Lipinski definition) is 0. The van der Waals surface area contributed by atoms with E-state index in [0.29, 0.717) is 31.4 Å². The Hall–Kier alpha value is -2.59. The van der Waals surface area contributed by atoms with E-state index in [1.54, 1.807) is 0 Å². The lowest BCUT2D eigenvalue weighted by Gasteiger charge is -2.50. The van der Waals surface area contributed by atoms with Crippen LogP contribution >= 0.6 is 0 Å². The van der Waals surface area contributed by atoms with E-state index in [1.807, 2.05) is 30.3 Å². The number of likely N-dealkylation sites (tertiary alicyclic amines) is 3. The van der Waals surface area contributed by atoms with Crippen LogP contribution in [0.15, 0.2) is 48.5 Å². The van der Waals surface area contributed by atoms with Crippen molar-refractivity contribution >= 4 is 5.91 Å². The largest absolute Gasteiger partial charge is 0.416 e. The predicted octanol–water partition coefficient (Wildman–Crippen LogP) is 6.50. The molecule has 0 aromatic heterocycles. The fourth-order valence-electron chi connectivity index (χ4n) is 7.00. The molecule has 0 N–H and O–H groups in total. The summed E-state index contributed by atoms with van der Waals surface area (Å²) in [6.07, 6.45) is -3.74. The molecule has 40 heavy (non-hydrogen) atoms. The van der Waals surface area contributed by atoms with E-state index in [0.717, 1.165) is 44.5 Å². The van der Waals surface area contributed by atoms with Crippen LogP contribution in [-0.4, -0.2) is 71.5 Å². The zero-order valence-electron chi connectivity index (χ0n) is 22.6. The second-order valence-electron chi connectivity index (χ2n) is 11.6. The minimum Gasteiger partial charge on any atom is -0.335 e. The lowest BCUT2D eigenvalue weighted by Crippen LogP contribution is -2.60. The number of alkyl halides is 6. The zero-order valence-corrected chi connectivity index (χ0v) is 22.6. The molecule has 3 saturated heterocycles. The summed E-state index contributed by atoms with van der Waals surface area (Å²) in [5.41, 5.74) is -2.40. The van der Waals surface area contributed by atoms with Gasteiger partial charge in [0.2, 0.25) is 0 Å². The van der Waals surface area contributed by atoms with Gasteiger partial charge in [0, 0.05) is 36.3 Å². The lowest BCUT2D eigenvalue weighted by molar-refractivity contribution is -0.143. The van der Waals surface area contributed by atoms with E-state index in [9.17, 15) is 31.1 Å². The van der Waals surface area contributed by atoms with Crippen LogP contribution in [0.4, 0.5) is 26.3 Å². The first-order valence-electron chi connectivity index (χ1n) is 14.0. The Morgan fingerprint density at radius 3 is 2.12 bits per heavy atom. The number of carbonyl (C=O) groups excluding carboxylic acids is 1. The third-order valence-corrected chi connectivity index (χ3v) is 9.14. The Bertz CT molecular complexity index is 1170. The number of likely N-dealkylation sites (N-methyl/N-ethyl adjacent to an activating group) is 1. The van der Waals surface area contributed by atoms with Gasteiger partial charge < -0.3 is 4.90 Å². The Kier molecular flexibility index (Phi) is 7.96. The molecule has 2 aromatic carbocycles. The molecular weight excluding hydrogens is 532 g/mol. The quantitative estimate of drug-likeness (QED) is 0.395. The van der Waals surface area contributed by atoms with Gasteiger partial charge in [-0.3, -0.25) is 14.6 Å². The van der Waals surface area contributed by atoms with Crippen molar-refractivity contribution in [1.29, 1.82) is 0 Å². The van der Waals surface area contributed by atoms with Gasteiger partial charge in [-0.25, -0.2) is 0 Å². The van der Waals surface area contributed by atoms with Crippen molar-refractivity contribution in [2.24, 2.45) is 0 Å². The maximum absolute atomic E-state index is 13.7. The number of benzene rings is 2. The van der Waals surface area contributed by atoms with E-state index < -0.39 is 35.0 Å². The maximum atomic E-state index is 13.7. The summed E-state index contributed by atoms with van der Waals surface area (Å²) < 4.78 is 81.1. The fourth-order valence-corrected chi connectivity index (χ4v) is 7.00. The van der Waals surface area contributed by atoms with Gasteiger partial charge in [-0.05, 0) is 88.8 Å². The zero-order chi connectivity index (χ0) is 28.7. The molecule has 0 bridgehead atoms. The molecule has 3 atom stereocenters. The molecule has 1 amide bonds. The van der Waals surface area contributed by atoms with Crippen LogP contribution in [0.25, 0.3) is 0 Å². The molecule has 218 valence electrons. The summed E-state index contributed by atoms with van der Waals surface area (Å²) in [5, 5.41) is 0. The monoisotopic (exact) mass is 567 g/mol. The molecule has 5 rings (SSSR count). The van der Waals surface area contributed by atoms with Crippen LogP contribution < -0.4 is 0 Å². The van der Waals surface area contributed by atoms with Crippen molar-refractivity contribution in [3.63, 3.8) is 0 Å². The molecular formula is C30H35F6N3O. The first-order chi connectivity index (χ1) is 18.9. The molecule has 3 aliphatic rings. The van der Waals surface area contributed by atoms with E-state index in [2.05, 4.69) is 16.8 Å². The van der Waals surface area contributed by atoms with Gasteiger partial charge in [0.05, 0.1) is 11.1 Å². The number of carbonyl (C=O) groups is 1. The Morgan fingerprint density at radius 2 is 1.52 bits per heavy atom. The van der Waals surface area contributed by atoms with Crippen LogP contribution in [0.3, 0.4) is 0 Å². The number of halogens is 6. The molecule has 3 fully saturated rings. The van der Waals surface area contributed by atoms with Crippen LogP contribution in [0, 0.1) is 0 Å². The normalized spacial score (nSPS) is 26.9. The minimum absolute atomic E-state index is 0.0662. The second-order valence-corrected chi connectivity index (χ2v) is 11.6. The molecule has 1 spiro atoms. The van der Waals surface area contributed by atoms with Gasteiger partial charge in [0.25, 0.3) is 5.91 Å². The van der Waals surface area contributed by atoms with Gasteiger partial charge >= 0.3 is 12.4 Å². The molecule has 2 aromatic rings. The Labute approximate surface area is 230 Å². The third-order valence-electron chi connectivity index (χ3n) is 9.14. The van der Waals surface area contributed by atoms with E-state index in [1.165, 1.54) is 11.3 Å². The number of hydrogen-bond acceptors (Lipinski definition) is 3. The first kappa shape index (κ1) is 28.9. The molecule has 3 aliphatic heterocycles. The molecule has 3 heterocycles. The first-order valence-corrected chi connectivity index (χ1v) is 14.0. The fraction of sp³-hybridized carbons (Fsp3) is 0.567. The van der Waals surface area contributed by atoms with Gasteiger partial charge in [0.15, 0.2) is 0 Å². The van der Waals surface area contributed by atoms with Crippen molar-refractivity contribution in [2.75, 3.05) is 33.2 Å². The average molecular weight is 568 g/mol. The Balaban J connectivity index is 1.43. The van der Waals surface area contributed by atoms with Crippen LogP contribution in [0.5, 0.6) is 0 Å². The summed E-state index contributed by atoms with van der Waals surface area (Å²) in [5.74, 6) is -0.790.